The van der Waals surface area contributed by atoms with E-state index in [1.54, 1.807) is 6.20 Å². The molecule has 0 spiro atoms. The highest BCUT2D eigenvalue weighted by atomic mass is 16.2. The number of hydrogen-bond donors (Lipinski definition) is 1. The molecule has 7 heteroatoms. The molecule has 2 aliphatic rings. The molecule has 1 aromatic carbocycles. The average molecular weight is 406 g/mol. The molecule has 1 aliphatic heterocycles. The third-order valence-corrected chi connectivity index (χ3v) is 6.62. The van der Waals surface area contributed by atoms with Gasteiger partial charge < -0.3 is 4.90 Å². The Hall–Kier alpha value is -2.96. The van der Waals surface area contributed by atoms with Crippen molar-refractivity contribution in [2.45, 2.75) is 51.0 Å². The van der Waals surface area contributed by atoms with Gasteiger partial charge in [0.25, 0.3) is 5.56 Å². The number of nitrogens with one attached hydrogen (secondary N) is 1. The zero-order valence-electron chi connectivity index (χ0n) is 17.1. The summed E-state index contributed by atoms with van der Waals surface area (Å²) in [5.74, 6) is 1.25. The lowest BCUT2D eigenvalue weighted by atomic mass is 9.90. The lowest BCUT2D eigenvalue weighted by Crippen LogP contribution is -2.38. The summed E-state index contributed by atoms with van der Waals surface area (Å²) in [5.41, 5.74) is 1.10. The summed E-state index contributed by atoms with van der Waals surface area (Å²) in [6.45, 7) is 1.76. The van der Waals surface area contributed by atoms with Gasteiger partial charge in [-0.2, -0.15) is 4.98 Å². The Morgan fingerprint density at radius 2 is 1.73 bits per heavy atom. The lowest BCUT2D eigenvalue weighted by molar-refractivity contribution is 0.400. The van der Waals surface area contributed by atoms with Gasteiger partial charge in [0.1, 0.15) is 5.39 Å². The molecule has 156 valence electrons. The molecule has 5 rings (SSSR count). The molecule has 1 saturated heterocycles. The van der Waals surface area contributed by atoms with Crippen molar-refractivity contribution in [1.29, 1.82) is 0 Å². The van der Waals surface area contributed by atoms with Crippen LogP contribution >= 0.6 is 0 Å². The number of anilines is 1. The average Bonchev–Trinajstić information content (AvgIpc) is 3.29. The number of H-pyrrole nitrogens is 1. The van der Waals surface area contributed by atoms with E-state index in [0.717, 1.165) is 58.0 Å². The summed E-state index contributed by atoms with van der Waals surface area (Å²) in [6.07, 6.45) is 8.72. The zero-order valence-corrected chi connectivity index (χ0v) is 17.1. The summed E-state index contributed by atoms with van der Waals surface area (Å²) in [6, 6.07) is 10.6. The highest BCUT2D eigenvalue weighted by molar-refractivity contribution is 5.73. The highest BCUT2D eigenvalue weighted by Gasteiger charge is 2.24. The minimum absolute atomic E-state index is 0.00558. The topological polar surface area (TPSA) is 83.9 Å². The summed E-state index contributed by atoms with van der Waals surface area (Å²) < 4.78 is 1.37. The van der Waals surface area contributed by atoms with E-state index in [1.807, 2.05) is 0 Å². The predicted octanol–water partition coefficient (Wildman–Crippen LogP) is 3.05. The van der Waals surface area contributed by atoms with Crippen LogP contribution < -0.4 is 16.1 Å². The van der Waals surface area contributed by atoms with E-state index >= 15 is 0 Å². The maximum Gasteiger partial charge on any atom is 0.330 e. The maximum atomic E-state index is 12.9. The summed E-state index contributed by atoms with van der Waals surface area (Å²) in [7, 11) is 0. The summed E-state index contributed by atoms with van der Waals surface area (Å²) in [5, 5.41) is 0.393. The van der Waals surface area contributed by atoms with E-state index in [1.165, 1.54) is 10.1 Å². The number of fused-ring (bicyclic) bond motifs is 1. The van der Waals surface area contributed by atoms with Crippen LogP contribution in [-0.2, 0) is 6.42 Å². The Labute approximate surface area is 174 Å². The van der Waals surface area contributed by atoms with Gasteiger partial charge in [-0.05, 0) is 43.6 Å². The first kappa shape index (κ1) is 19.0. The van der Waals surface area contributed by atoms with Crippen molar-refractivity contribution in [2.24, 2.45) is 5.92 Å². The molecule has 30 heavy (non-hydrogen) atoms. The second kappa shape index (κ2) is 8.05. The van der Waals surface area contributed by atoms with Crippen LogP contribution in [-0.4, -0.2) is 32.6 Å². The van der Waals surface area contributed by atoms with Crippen LogP contribution in [0.25, 0.3) is 11.0 Å². The molecule has 7 nitrogen and oxygen atoms in total. The first-order valence-electron chi connectivity index (χ1n) is 11.0. The standard InChI is InChI=1S/C23H27N5O2/c29-21-19-15-24-22(25-20(19)26-23(30)28(21)18-8-4-5-9-18)27-12-10-17(11-13-27)14-16-6-2-1-3-7-16/h1-3,6-7,15,17-18H,4-5,8-14H2,(H,24,25,26,30). The first-order valence-corrected chi connectivity index (χ1v) is 11.0. The van der Waals surface area contributed by atoms with Crippen molar-refractivity contribution < 1.29 is 0 Å². The number of rotatable bonds is 4. The Kier molecular flexibility index (Phi) is 5.11. The third kappa shape index (κ3) is 3.64. The molecular formula is C23H27N5O2. The van der Waals surface area contributed by atoms with Gasteiger partial charge in [0.2, 0.25) is 5.95 Å². The van der Waals surface area contributed by atoms with Crippen molar-refractivity contribution in [3.8, 4) is 0 Å². The van der Waals surface area contributed by atoms with Crippen molar-refractivity contribution >= 4 is 17.0 Å². The Bertz CT molecular complexity index is 1140. The summed E-state index contributed by atoms with van der Waals surface area (Å²) >= 11 is 0. The molecule has 2 aromatic heterocycles. The molecule has 0 radical (unpaired) electrons. The third-order valence-electron chi connectivity index (χ3n) is 6.62. The number of piperidine rings is 1. The van der Waals surface area contributed by atoms with Gasteiger partial charge in [0.05, 0.1) is 0 Å². The fraction of sp³-hybridized carbons (Fsp3) is 0.478. The minimum Gasteiger partial charge on any atom is -0.341 e. The number of aromatic nitrogens is 4. The second-order valence-corrected chi connectivity index (χ2v) is 8.60. The highest BCUT2D eigenvalue weighted by Crippen LogP contribution is 2.27. The number of hydrogen-bond acceptors (Lipinski definition) is 5. The molecule has 3 heterocycles. The lowest BCUT2D eigenvalue weighted by Gasteiger charge is -2.32. The van der Waals surface area contributed by atoms with E-state index in [2.05, 4.69) is 50.2 Å². The molecule has 1 saturated carbocycles. The van der Waals surface area contributed by atoms with Gasteiger partial charge >= 0.3 is 5.69 Å². The van der Waals surface area contributed by atoms with E-state index in [4.69, 9.17) is 0 Å². The molecule has 3 aromatic rings. The molecule has 0 atom stereocenters. The quantitative estimate of drug-likeness (QED) is 0.721. The number of aromatic amines is 1. The molecule has 0 unspecified atom stereocenters. The van der Waals surface area contributed by atoms with Gasteiger partial charge in [0.15, 0.2) is 5.65 Å². The van der Waals surface area contributed by atoms with Crippen LogP contribution in [0.5, 0.6) is 0 Å². The first-order chi connectivity index (χ1) is 14.7. The van der Waals surface area contributed by atoms with Crippen LogP contribution in [0.15, 0.2) is 46.1 Å². The molecule has 0 amide bonds. The number of nitrogens with zero attached hydrogens (tertiary/aromatic N) is 4. The van der Waals surface area contributed by atoms with E-state index in [9.17, 15) is 9.59 Å². The predicted molar refractivity (Wildman–Crippen MR) is 117 cm³/mol. The van der Waals surface area contributed by atoms with Gasteiger partial charge in [-0.3, -0.25) is 14.3 Å². The van der Waals surface area contributed by atoms with Crippen LogP contribution in [0.1, 0.15) is 50.1 Å². The molecule has 0 bridgehead atoms. The van der Waals surface area contributed by atoms with Gasteiger partial charge in [0, 0.05) is 25.3 Å². The van der Waals surface area contributed by atoms with Crippen molar-refractivity contribution in [3.63, 3.8) is 0 Å². The van der Waals surface area contributed by atoms with Crippen molar-refractivity contribution in [2.75, 3.05) is 18.0 Å². The van der Waals surface area contributed by atoms with Crippen molar-refractivity contribution in [3.05, 3.63) is 62.9 Å². The monoisotopic (exact) mass is 405 g/mol. The fourth-order valence-corrected chi connectivity index (χ4v) is 4.94. The van der Waals surface area contributed by atoms with E-state index < -0.39 is 0 Å². The van der Waals surface area contributed by atoms with Gasteiger partial charge in [-0.1, -0.05) is 43.2 Å². The van der Waals surface area contributed by atoms with Crippen molar-refractivity contribution in [1.82, 2.24) is 19.5 Å². The smallest absolute Gasteiger partial charge is 0.330 e. The SMILES string of the molecule is O=c1[nH]c2nc(N3CCC(Cc4ccccc4)CC3)ncc2c(=O)n1C1CCCC1. The largest absolute Gasteiger partial charge is 0.341 e. The minimum atomic E-state index is -0.356. The van der Waals surface area contributed by atoms with Gasteiger partial charge in [-0.25, -0.2) is 9.78 Å². The van der Waals surface area contributed by atoms with E-state index in [-0.39, 0.29) is 17.3 Å². The number of benzene rings is 1. The Balaban J connectivity index is 1.34. The van der Waals surface area contributed by atoms with Crippen LogP contribution in [0, 0.1) is 5.92 Å². The second-order valence-electron chi connectivity index (χ2n) is 8.60. The van der Waals surface area contributed by atoms with Gasteiger partial charge in [-0.15, -0.1) is 0 Å². The zero-order chi connectivity index (χ0) is 20.5. The normalized spacial score (nSPS) is 18.3. The molecule has 2 fully saturated rings. The fourth-order valence-electron chi connectivity index (χ4n) is 4.94. The molecule has 1 aliphatic carbocycles. The molecular weight excluding hydrogens is 378 g/mol. The van der Waals surface area contributed by atoms with Crippen LogP contribution in [0.3, 0.4) is 0 Å². The van der Waals surface area contributed by atoms with E-state index in [0.29, 0.717) is 22.9 Å². The van der Waals surface area contributed by atoms with Crippen LogP contribution in [0.2, 0.25) is 0 Å². The summed E-state index contributed by atoms with van der Waals surface area (Å²) in [4.78, 5) is 39.5. The Morgan fingerprint density at radius 3 is 2.47 bits per heavy atom. The van der Waals surface area contributed by atoms with Crippen LogP contribution in [0.4, 0.5) is 5.95 Å². The molecule has 1 N–H and O–H groups in total. The maximum absolute atomic E-state index is 12.9. The Morgan fingerprint density at radius 1 is 1.00 bits per heavy atom.